The van der Waals surface area contributed by atoms with Crippen LogP contribution in [0.5, 0.6) is 0 Å². The Balaban J connectivity index is 1.77. The van der Waals surface area contributed by atoms with E-state index in [9.17, 15) is 9.59 Å². The molecule has 0 saturated carbocycles. The maximum atomic E-state index is 13.2. The standard InChI is InChI=1S/C23H17Cl2N3O2S/c1-13-11-15(14(2)27(13)17-9-7-16(24)8-10-17)12-18-21(29)26-23(31)28(22(18)30)20-6-4-3-5-19(20)25/h3-12H,1-2H3,(H,26,29,31)/b18-12-. The van der Waals surface area contributed by atoms with E-state index in [0.29, 0.717) is 15.7 Å². The average molecular weight is 470 g/mol. The second kappa shape index (κ2) is 8.30. The highest BCUT2D eigenvalue weighted by molar-refractivity contribution is 7.80. The number of nitrogens with one attached hydrogen (secondary N) is 1. The largest absolute Gasteiger partial charge is 0.318 e. The number of thiocarbonyl (C=S) groups is 1. The molecule has 2 aromatic carbocycles. The molecule has 1 saturated heterocycles. The van der Waals surface area contributed by atoms with Crippen LogP contribution in [0.4, 0.5) is 5.69 Å². The number of halogens is 2. The van der Waals surface area contributed by atoms with E-state index in [0.717, 1.165) is 22.6 Å². The lowest BCUT2D eigenvalue weighted by molar-refractivity contribution is -0.122. The molecule has 3 aromatic rings. The van der Waals surface area contributed by atoms with Crippen LogP contribution in [0.1, 0.15) is 17.0 Å². The lowest BCUT2D eigenvalue weighted by Crippen LogP contribution is -2.54. The maximum Gasteiger partial charge on any atom is 0.270 e. The number of benzene rings is 2. The van der Waals surface area contributed by atoms with Crippen molar-refractivity contribution in [3.8, 4) is 5.69 Å². The average Bonchev–Trinajstić information content (AvgIpc) is 3.00. The Hall–Kier alpha value is -2.93. The Morgan fingerprint density at radius 3 is 2.35 bits per heavy atom. The summed E-state index contributed by atoms with van der Waals surface area (Å²) in [5.74, 6) is -1.08. The van der Waals surface area contributed by atoms with Crippen molar-refractivity contribution in [3.63, 3.8) is 0 Å². The highest BCUT2D eigenvalue weighted by atomic mass is 35.5. The zero-order valence-corrected chi connectivity index (χ0v) is 19.0. The van der Waals surface area contributed by atoms with Crippen molar-refractivity contribution in [3.05, 3.63) is 87.2 Å². The summed E-state index contributed by atoms with van der Waals surface area (Å²) in [4.78, 5) is 27.1. The molecular formula is C23H17Cl2N3O2S. The molecule has 0 unspecified atom stereocenters. The smallest absolute Gasteiger partial charge is 0.270 e. The van der Waals surface area contributed by atoms with Crippen LogP contribution in [0, 0.1) is 13.8 Å². The van der Waals surface area contributed by atoms with E-state index in [1.54, 1.807) is 30.3 Å². The Labute approximate surface area is 194 Å². The van der Waals surface area contributed by atoms with Gasteiger partial charge in [-0.25, -0.2) is 0 Å². The molecule has 4 rings (SSSR count). The number of hydrogen-bond acceptors (Lipinski definition) is 3. The maximum absolute atomic E-state index is 13.2. The van der Waals surface area contributed by atoms with Crippen molar-refractivity contribution in [2.75, 3.05) is 4.90 Å². The minimum Gasteiger partial charge on any atom is -0.318 e. The predicted molar refractivity (Wildman–Crippen MR) is 128 cm³/mol. The first-order chi connectivity index (χ1) is 14.8. The van der Waals surface area contributed by atoms with Crippen molar-refractivity contribution in [2.45, 2.75) is 13.8 Å². The van der Waals surface area contributed by atoms with Crippen molar-refractivity contribution in [1.82, 2.24) is 9.88 Å². The number of carbonyl (C=O) groups excluding carboxylic acids is 2. The van der Waals surface area contributed by atoms with E-state index in [-0.39, 0.29) is 10.7 Å². The van der Waals surface area contributed by atoms with E-state index in [1.165, 1.54) is 4.90 Å². The van der Waals surface area contributed by atoms with Gasteiger partial charge in [0.15, 0.2) is 5.11 Å². The number of carbonyl (C=O) groups is 2. The molecule has 1 aliphatic heterocycles. The van der Waals surface area contributed by atoms with Crippen LogP contribution in [-0.4, -0.2) is 21.5 Å². The number of nitrogens with zero attached hydrogens (tertiary/aromatic N) is 2. The third kappa shape index (κ3) is 3.90. The highest BCUT2D eigenvalue weighted by Crippen LogP contribution is 2.30. The molecule has 5 nitrogen and oxygen atoms in total. The molecule has 0 bridgehead atoms. The quantitative estimate of drug-likeness (QED) is 0.324. The number of aromatic nitrogens is 1. The molecule has 1 fully saturated rings. The van der Waals surface area contributed by atoms with Gasteiger partial charge in [0, 0.05) is 22.1 Å². The molecule has 0 spiro atoms. The highest BCUT2D eigenvalue weighted by Gasteiger charge is 2.35. The summed E-state index contributed by atoms with van der Waals surface area (Å²) in [5.41, 5.74) is 3.90. The zero-order chi connectivity index (χ0) is 22.3. The fourth-order valence-electron chi connectivity index (χ4n) is 3.59. The summed E-state index contributed by atoms with van der Waals surface area (Å²) in [6.45, 7) is 3.88. The van der Waals surface area contributed by atoms with Gasteiger partial charge in [-0.05, 0) is 80.2 Å². The number of amides is 2. The van der Waals surface area contributed by atoms with Gasteiger partial charge in [-0.1, -0.05) is 35.3 Å². The molecule has 0 aliphatic carbocycles. The second-order valence-corrected chi connectivity index (χ2v) is 8.28. The first-order valence-corrected chi connectivity index (χ1v) is 10.5. The van der Waals surface area contributed by atoms with Crippen LogP contribution in [0.3, 0.4) is 0 Å². The molecule has 0 atom stereocenters. The molecule has 1 aliphatic rings. The summed E-state index contributed by atoms with van der Waals surface area (Å²) in [7, 11) is 0. The van der Waals surface area contributed by atoms with Crippen molar-refractivity contribution in [1.29, 1.82) is 0 Å². The number of rotatable bonds is 3. The van der Waals surface area contributed by atoms with Crippen LogP contribution >= 0.6 is 35.4 Å². The van der Waals surface area contributed by atoms with Gasteiger partial charge < -0.3 is 4.57 Å². The van der Waals surface area contributed by atoms with Gasteiger partial charge in [0.05, 0.1) is 10.7 Å². The number of anilines is 1. The summed E-state index contributed by atoms with van der Waals surface area (Å²) in [6, 6.07) is 16.2. The molecular weight excluding hydrogens is 453 g/mol. The van der Waals surface area contributed by atoms with E-state index in [4.69, 9.17) is 35.4 Å². The zero-order valence-electron chi connectivity index (χ0n) is 16.6. The monoisotopic (exact) mass is 469 g/mol. The summed E-state index contributed by atoms with van der Waals surface area (Å²) < 4.78 is 2.03. The van der Waals surface area contributed by atoms with E-state index in [1.807, 2.05) is 48.7 Å². The molecule has 2 heterocycles. The SMILES string of the molecule is Cc1cc(/C=C2/C(=O)NC(=S)N(c3ccccc3Cl)C2=O)c(C)n1-c1ccc(Cl)cc1. The summed E-state index contributed by atoms with van der Waals surface area (Å²) in [5, 5.41) is 3.58. The van der Waals surface area contributed by atoms with Crippen molar-refractivity contribution in [2.24, 2.45) is 0 Å². The number of aryl methyl sites for hydroxylation is 1. The molecule has 156 valence electrons. The van der Waals surface area contributed by atoms with Gasteiger partial charge in [-0.15, -0.1) is 0 Å². The topological polar surface area (TPSA) is 54.3 Å². The van der Waals surface area contributed by atoms with Gasteiger partial charge in [-0.2, -0.15) is 0 Å². The fourth-order valence-corrected chi connectivity index (χ4v) is 4.21. The molecule has 2 amide bonds. The van der Waals surface area contributed by atoms with Crippen LogP contribution < -0.4 is 10.2 Å². The minimum atomic E-state index is -0.547. The lowest BCUT2D eigenvalue weighted by Gasteiger charge is -2.29. The van der Waals surface area contributed by atoms with Crippen LogP contribution in [0.2, 0.25) is 10.0 Å². The Bertz CT molecular complexity index is 1260. The van der Waals surface area contributed by atoms with Gasteiger partial charge in [0.1, 0.15) is 5.57 Å². The Morgan fingerprint density at radius 2 is 1.68 bits per heavy atom. The number of para-hydroxylation sites is 1. The molecule has 0 radical (unpaired) electrons. The molecule has 31 heavy (non-hydrogen) atoms. The van der Waals surface area contributed by atoms with Crippen LogP contribution in [0.15, 0.2) is 60.2 Å². The van der Waals surface area contributed by atoms with Crippen molar-refractivity contribution < 1.29 is 9.59 Å². The minimum absolute atomic E-state index is 0.00751. The Morgan fingerprint density at radius 1 is 1.00 bits per heavy atom. The summed E-state index contributed by atoms with van der Waals surface area (Å²) in [6.07, 6.45) is 1.58. The normalized spacial score (nSPS) is 15.5. The third-order valence-corrected chi connectivity index (χ3v) is 5.91. The van der Waals surface area contributed by atoms with E-state index < -0.39 is 11.8 Å². The fraction of sp³-hybridized carbons (Fsp3) is 0.0870. The van der Waals surface area contributed by atoms with Crippen molar-refractivity contribution >= 4 is 64.1 Å². The van der Waals surface area contributed by atoms with Crippen LogP contribution in [0.25, 0.3) is 11.8 Å². The van der Waals surface area contributed by atoms with Gasteiger partial charge in [-0.3, -0.25) is 19.8 Å². The number of hydrogen-bond donors (Lipinski definition) is 1. The van der Waals surface area contributed by atoms with E-state index in [2.05, 4.69) is 5.32 Å². The first-order valence-electron chi connectivity index (χ1n) is 9.39. The van der Waals surface area contributed by atoms with E-state index >= 15 is 0 Å². The van der Waals surface area contributed by atoms with Crippen LogP contribution in [-0.2, 0) is 9.59 Å². The van der Waals surface area contributed by atoms with Gasteiger partial charge >= 0.3 is 0 Å². The molecule has 1 N–H and O–H groups in total. The second-order valence-electron chi connectivity index (χ2n) is 7.05. The molecule has 8 heteroatoms. The summed E-state index contributed by atoms with van der Waals surface area (Å²) >= 11 is 17.5. The Kier molecular flexibility index (Phi) is 5.71. The lowest BCUT2D eigenvalue weighted by atomic mass is 10.1. The van der Waals surface area contributed by atoms with Gasteiger partial charge in [0.25, 0.3) is 11.8 Å². The third-order valence-electron chi connectivity index (χ3n) is 5.05. The van der Waals surface area contributed by atoms with Gasteiger partial charge in [0.2, 0.25) is 0 Å². The molecule has 1 aromatic heterocycles. The predicted octanol–water partition coefficient (Wildman–Crippen LogP) is 5.23. The first kappa shape index (κ1) is 21.3.